The number of ether oxygens (including phenoxy) is 1. The number of hydrogen-bond donors (Lipinski definition) is 1. The van der Waals surface area contributed by atoms with E-state index < -0.39 is 5.97 Å². The van der Waals surface area contributed by atoms with Gasteiger partial charge in [0.1, 0.15) is 10.8 Å². The van der Waals surface area contributed by atoms with E-state index in [4.69, 9.17) is 9.84 Å². The van der Waals surface area contributed by atoms with Crippen molar-refractivity contribution in [3.8, 4) is 26.8 Å². The van der Waals surface area contributed by atoms with Crippen molar-refractivity contribution in [2.75, 3.05) is 13.1 Å². The number of benzene rings is 2. The first-order chi connectivity index (χ1) is 14.0. The minimum absolute atomic E-state index is 0. The zero-order valence-corrected chi connectivity index (χ0v) is 20.4. The number of rotatable bonds is 7. The van der Waals surface area contributed by atoms with Gasteiger partial charge in [-0.1, -0.05) is 24.3 Å². The minimum atomic E-state index is -0.696. The molecule has 0 bridgehead atoms. The fourth-order valence-electron chi connectivity index (χ4n) is 3.38. The predicted octanol–water partition coefficient (Wildman–Crippen LogP) is 1.90. The molecule has 2 aromatic carbocycles. The largest absolute Gasteiger partial charge is 1.00 e. The van der Waals surface area contributed by atoms with E-state index >= 15 is 0 Å². The Hall–Kier alpha value is -1.70. The average Bonchev–Trinajstić information content (AvgIpc) is 3.15. The SMILES string of the molecule is CC(C)Oc1ccc(-c2cnc(-c3ccc(CN4CC(C(=O)O)C4)cc3)s2)cc1.[H-].[Na+]. The predicted molar refractivity (Wildman–Crippen MR) is 116 cm³/mol. The Morgan fingerprint density at radius 2 is 1.80 bits per heavy atom. The third kappa shape index (κ3) is 5.50. The van der Waals surface area contributed by atoms with Crippen molar-refractivity contribution < 1.29 is 45.6 Å². The van der Waals surface area contributed by atoms with Crippen LogP contribution in [0.1, 0.15) is 20.8 Å². The van der Waals surface area contributed by atoms with Crippen LogP contribution < -0.4 is 34.3 Å². The molecule has 5 nitrogen and oxygen atoms in total. The van der Waals surface area contributed by atoms with Gasteiger partial charge in [0.05, 0.1) is 16.9 Å². The first-order valence-electron chi connectivity index (χ1n) is 9.75. The van der Waals surface area contributed by atoms with Gasteiger partial charge >= 0.3 is 35.5 Å². The second-order valence-corrected chi connectivity index (χ2v) is 8.68. The number of likely N-dealkylation sites (tertiary alicyclic amines) is 1. The van der Waals surface area contributed by atoms with E-state index in [1.807, 2.05) is 32.2 Å². The molecule has 30 heavy (non-hydrogen) atoms. The Balaban J connectivity index is 0.00000171. The minimum Gasteiger partial charge on any atom is -1.00 e. The van der Waals surface area contributed by atoms with Crippen LogP contribution in [0.3, 0.4) is 0 Å². The van der Waals surface area contributed by atoms with E-state index in [0.29, 0.717) is 13.1 Å². The molecule has 0 aliphatic carbocycles. The van der Waals surface area contributed by atoms with Crippen LogP contribution in [0.5, 0.6) is 5.75 Å². The van der Waals surface area contributed by atoms with Gasteiger partial charge in [-0.05, 0) is 49.2 Å². The van der Waals surface area contributed by atoms with Crippen LogP contribution in [0, 0.1) is 5.92 Å². The second-order valence-electron chi connectivity index (χ2n) is 7.65. The zero-order valence-electron chi connectivity index (χ0n) is 18.5. The number of nitrogens with zero attached hydrogens (tertiary/aromatic N) is 2. The van der Waals surface area contributed by atoms with Gasteiger partial charge in [-0.15, -0.1) is 11.3 Å². The van der Waals surface area contributed by atoms with Crippen molar-refractivity contribution in [3.05, 3.63) is 60.3 Å². The average molecular weight is 433 g/mol. The van der Waals surface area contributed by atoms with Crippen molar-refractivity contribution in [1.29, 1.82) is 0 Å². The molecule has 0 radical (unpaired) electrons. The third-order valence-electron chi connectivity index (χ3n) is 4.93. The monoisotopic (exact) mass is 432 g/mol. The summed E-state index contributed by atoms with van der Waals surface area (Å²) in [5, 5.41) is 9.96. The van der Waals surface area contributed by atoms with Crippen LogP contribution >= 0.6 is 11.3 Å². The molecule has 1 fully saturated rings. The van der Waals surface area contributed by atoms with E-state index in [-0.39, 0.29) is 43.0 Å². The maximum absolute atomic E-state index is 10.9. The number of carbonyl (C=O) groups is 1. The van der Waals surface area contributed by atoms with Gasteiger partial charge in [-0.3, -0.25) is 9.69 Å². The van der Waals surface area contributed by atoms with Crippen molar-refractivity contribution in [2.24, 2.45) is 5.92 Å². The van der Waals surface area contributed by atoms with Crippen molar-refractivity contribution >= 4 is 17.3 Å². The quantitative estimate of drug-likeness (QED) is 0.578. The summed E-state index contributed by atoms with van der Waals surface area (Å²) in [5.41, 5.74) is 3.42. The Labute approximate surface area is 204 Å². The first kappa shape index (κ1) is 23.0. The van der Waals surface area contributed by atoms with E-state index in [9.17, 15) is 4.79 Å². The van der Waals surface area contributed by atoms with E-state index in [1.54, 1.807) is 11.3 Å². The fraction of sp³-hybridized carbons (Fsp3) is 0.304. The molecule has 1 saturated heterocycles. The zero-order chi connectivity index (χ0) is 20.4. The molecular weight excluding hydrogens is 407 g/mol. The van der Waals surface area contributed by atoms with Gasteiger partial charge in [0.2, 0.25) is 0 Å². The van der Waals surface area contributed by atoms with Gasteiger partial charge in [0.25, 0.3) is 0 Å². The Bertz CT molecular complexity index is 987. The van der Waals surface area contributed by atoms with Crippen LogP contribution in [0.15, 0.2) is 54.7 Å². The third-order valence-corrected chi connectivity index (χ3v) is 6.03. The molecule has 1 N–H and O–H groups in total. The maximum atomic E-state index is 10.9. The van der Waals surface area contributed by atoms with Crippen molar-refractivity contribution in [2.45, 2.75) is 26.5 Å². The molecule has 7 heteroatoms. The molecule has 152 valence electrons. The van der Waals surface area contributed by atoms with Crippen LogP contribution in [0.2, 0.25) is 0 Å². The van der Waals surface area contributed by atoms with E-state index in [0.717, 1.165) is 33.3 Å². The molecular formula is C23H25N2NaO3S. The summed E-state index contributed by atoms with van der Waals surface area (Å²) in [7, 11) is 0. The summed E-state index contributed by atoms with van der Waals surface area (Å²) in [6, 6.07) is 16.5. The molecule has 3 aromatic rings. The first-order valence-corrected chi connectivity index (χ1v) is 10.6. The van der Waals surface area contributed by atoms with Crippen molar-refractivity contribution in [1.82, 2.24) is 9.88 Å². The Kier molecular flexibility index (Phi) is 7.71. The number of carboxylic acids is 1. The molecule has 1 aliphatic rings. The van der Waals surface area contributed by atoms with Gasteiger partial charge < -0.3 is 11.3 Å². The number of aromatic nitrogens is 1. The molecule has 1 aliphatic heterocycles. The van der Waals surface area contributed by atoms with Crippen LogP contribution in [-0.4, -0.2) is 40.2 Å². The normalized spacial score (nSPS) is 14.2. The van der Waals surface area contributed by atoms with Crippen molar-refractivity contribution in [3.63, 3.8) is 0 Å². The molecule has 2 heterocycles. The summed E-state index contributed by atoms with van der Waals surface area (Å²) >= 11 is 1.67. The topological polar surface area (TPSA) is 62.7 Å². The number of thiazole rings is 1. The van der Waals surface area contributed by atoms with E-state index in [1.165, 1.54) is 5.56 Å². The standard InChI is InChI=1S/C23H24N2O3S.Na.H/c1-15(2)28-20-9-7-17(8-10-20)21-11-24-22(29-21)18-5-3-16(4-6-18)12-25-13-19(14-25)23(26)27;;/h3-11,15,19H,12-14H2,1-2H3,(H,26,27);;/q;+1;-1. The van der Waals surface area contributed by atoms with Crippen LogP contribution in [0.4, 0.5) is 0 Å². The number of aliphatic carboxylic acids is 1. The van der Waals surface area contributed by atoms with Gasteiger partial charge in [0.15, 0.2) is 0 Å². The molecule has 0 amide bonds. The second kappa shape index (κ2) is 10.1. The summed E-state index contributed by atoms with van der Waals surface area (Å²) in [5.74, 6) is -0.0340. The fourth-order valence-corrected chi connectivity index (χ4v) is 4.30. The molecule has 1 aromatic heterocycles. The van der Waals surface area contributed by atoms with Gasteiger partial charge in [0, 0.05) is 31.4 Å². The van der Waals surface area contributed by atoms with Crippen LogP contribution in [0.25, 0.3) is 21.0 Å². The smallest absolute Gasteiger partial charge is 1.00 e. The van der Waals surface area contributed by atoms with Gasteiger partial charge in [-0.2, -0.15) is 0 Å². The van der Waals surface area contributed by atoms with Gasteiger partial charge in [-0.25, -0.2) is 4.98 Å². The molecule has 0 saturated carbocycles. The molecule has 0 atom stereocenters. The number of carboxylic acid groups (broad SMARTS) is 1. The Morgan fingerprint density at radius 1 is 1.17 bits per heavy atom. The summed E-state index contributed by atoms with van der Waals surface area (Å²) in [6.45, 7) is 6.09. The summed E-state index contributed by atoms with van der Waals surface area (Å²) in [6.07, 6.45) is 2.08. The number of hydrogen-bond acceptors (Lipinski definition) is 5. The Morgan fingerprint density at radius 3 is 2.40 bits per heavy atom. The summed E-state index contributed by atoms with van der Waals surface area (Å²) < 4.78 is 5.70. The molecule has 0 spiro atoms. The molecule has 4 rings (SSSR count). The van der Waals surface area contributed by atoms with E-state index in [2.05, 4.69) is 46.3 Å². The maximum Gasteiger partial charge on any atom is 1.00 e. The molecule has 0 unspecified atom stereocenters. The summed E-state index contributed by atoms with van der Waals surface area (Å²) in [4.78, 5) is 18.8. The van der Waals surface area contributed by atoms with Crippen LogP contribution in [-0.2, 0) is 11.3 Å².